The molecular formula is C19H20F5N3O2. The predicted molar refractivity (Wildman–Crippen MR) is 92.7 cm³/mol. The van der Waals surface area contributed by atoms with Crippen LogP contribution < -0.4 is 5.73 Å². The van der Waals surface area contributed by atoms with Gasteiger partial charge in [-0.3, -0.25) is 9.69 Å². The maximum absolute atomic E-state index is 14.0. The van der Waals surface area contributed by atoms with Gasteiger partial charge in [0, 0.05) is 43.8 Å². The summed E-state index contributed by atoms with van der Waals surface area (Å²) in [6.07, 6.45) is -5.15. The number of amides is 1. The van der Waals surface area contributed by atoms with Gasteiger partial charge >= 0.3 is 12.1 Å². The molecule has 0 saturated carbocycles. The number of carbonyl (C=O) groups is 1. The summed E-state index contributed by atoms with van der Waals surface area (Å²) in [5, 5.41) is 0. The zero-order chi connectivity index (χ0) is 20.9. The molecule has 3 aliphatic heterocycles. The second-order valence-electron chi connectivity index (χ2n) is 7.74. The van der Waals surface area contributed by atoms with Crippen molar-refractivity contribution in [3.8, 4) is 0 Å². The van der Waals surface area contributed by atoms with E-state index in [1.807, 2.05) is 0 Å². The minimum atomic E-state index is -4.87. The van der Waals surface area contributed by atoms with E-state index in [9.17, 15) is 26.7 Å². The summed E-state index contributed by atoms with van der Waals surface area (Å²) in [5.41, 5.74) is 7.89. The number of hydrogen-bond acceptors (Lipinski definition) is 4. The molecule has 0 bridgehead atoms. The first-order valence-corrected chi connectivity index (χ1v) is 9.25. The van der Waals surface area contributed by atoms with Gasteiger partial charge in [-0.1, -0.05) is 0 Å². The Morgan fingerprint density at radius 2 is 1.76 bits per heavy atom. The van der Waals surface area contributed by atoms with Gasteiger partial charge in [-0.25, -0.2) is 8.78 Å². The first kappa shape index (κ1) is 20.2. The van der Waals surface area contributed by atoms with Crippen LogP contribution >= 0.6 is 0 Å². The van der Waals surface area contributed by atoms with Crippen molar-refractivity contribution in [3.63, 3.8) is 0 Å². The molecule has 10 heteroatoms. The number of rotatable bonds is 2. The number of benzene rings is 1. The van der Waals surface area contributed by atoms with E-state index in [-0.39, 0.29) is 31.3 Å². The molecule has 0 spiro atoms. The Hall–Kier alpha value is -2.04. The van der Waals surface area contributed by atoms with Crippen molar-refractivity contribution in [2.24, 2.45) is 5.73 Å². The summed E-state index contributed by atoms with van der Waals surface area (Å²) in [7, 11) is 0. The van der Waals surface area contributed by atoms with Crippen LogP contribution in [0.5, 0.6) is 0 Å². The second kappa shape index (κ2) is 7.33. The second-order valence-corrected chi connectivity index (χ2v) is 7.74. The normalized spacial score (nSPS) is 28.2. The molecule has 0 aromatic heterocycles. The van der Waals surface area contributed by atoms with Crippen molar-refractivity contribution >= 4 is 5.91 Å². The third kappa shape index (κ3) is 3.88. The van der Waals surface area contributed by atoms with Gasteiger partial charge in [0.05, 0.1) is 6.61 Å². The van der Waals surface area contributed by atoms with Crippen molar-refractivity contribution < 1.29 is 31.5 Å². The maximum Gasteiger partial charge on any atom is 0.471 e. The lowest BCUT2D eigenvalue weighted by atomic mass is 9.93. The minimum absolute atomic E-state index is 0.0268. The molecule has 29 heavy (non-hydrogen) atoms. The van der Waals surface area contributed by atoms with Gasteiger partial charge in [0.1, 0.15) is 17.7 Å². The monoisotopic (exact) mass is 417 g/mol. The van der Waals surface area contributed by atoms with Crippen LogP contribution in [-0.2, 0) is 9.53 Å². The molecule has 158 valence electrons. The van der Waals surface area contributed by atoms with Crippen LogP contribution in [0.25, 0.3) is 0 Å². The highest BCUT2D eigenvalue weighted by atomic mass is 19.4. The molecule has 1 fully saturated rings. The van der Waals surface area contributed by atoms with Crippen molar-refractivity contribution in [1.29, 1.82) is 0 Å². The van der Waals surface area contributed by atoms with Crippen LogP contribution in [0.1, 0.15) is 18.1 Å². The fraction of sp³-hybridized carbons (Fsp3) is 0.526. The van der Waals surface area contributed by atoms with E-state index in [1.165, 1.54) is 0 Å². The number of nitrogens with zero attached hydrogens (tertiary/aromatic N) is 2. The lowest BCUT2D eigenvalue weighted by Crippen LogP contribution is -2.50. The zero-order valence-corrected chi connectivity index (χ0v) is 15.4. The number of alkyl halides is 3. The molecule has 3 aliphatic rings. The van der Waals surface area contributed by atoms with Gasteiger partial charge in [-0.2, -0.15) is 13.2 Å². The maximum atomic E-state index is 14.0. The Kier molecular flexibility index (Phi) is 5.12. The standard InChI is InChI=1S/C19H20F5N3O2/c20-12-1-2-15(21)14(3-12)17-16(25)4-13(9-29-17)26-5-10-7-27(8-11(10)6-26)18(28)19(22,23)24/h1-3,13,16-17H,4-9,25H2. The highest BCUT2D eigenvalue weighted by Crippen LogP contribution is 2.35. The number of halogens is 5. The topological polar surface area (TPSA) is 58.8 Å². The molecule has 1 saturated heterocycles. The molecule has 0 radical (unpaired) electrons. The van der Waals surface area contributed by atoms with E-state index in [0.717, 1.165) is 34.2 Å². The summed E-state index contributed by atoms with van der Waals surface area (Å²) in [6.45, 7) is 1.08. The SMILES string of the molecule is NC1CC(N2CC3=C(CN(C(=O)C(F)(F)F)C3)C2)COC1c1cc(F)ccc1F. The molecule has 0 aliphatic carbocycles. The molecule has 4 rings (SSSR count). The van der Waals surface area contributed by atoms with Crippen molar-refractivity contribution in [2.45, 2.75) is 30.8 Å². The summed E-state index contributed by atoms with van der Waals surface area (Å²) >= 11 is 0. The molecule has 1 aromatic carbocycles. The first-order chi connectivity index (χ1) is 13.6. The highest BCUT2D eigenvalue weighted by Gasteiger charge is 2.46. The van der Waals surface area contributed by atoms with Crippen LogP contribution in [0.15, 0.2) is 29.3 Å². The molecule has 5 nitrogen and oxygen atoms in total. The lowest BCUT2D eigenvalue weighted by Gasteiger charge is -2.39. The predicted octanol–water partition coefficient (Wildman–Crippen LogP) is 2.14. The smallest absolute Gasteiger partial charge is 0.370 e. The third-order valence-electron chi connectivity index (χ3n) is 5.76. The highest BCUT2D eigenvalue weighted by molar-refractivity contribution is 5.83. The van der Waals surface area contributed by atoms with Crippen molar-refractivity contribution in [2.75, 3.05) is 32.8 Å². The van der Waals surface area contributed by atoms with E-state index in [2.05, 4.69) is 4.90 Å². The Balaban J connectivity index is 1.35. The van der Waals surface area contributed by atoms with Crippen LogP contribution in [0, 0.1) is 11.6 Å². The Morgan fingerprint density at radius 1 is 1.10 bits per heavy atom. The van der Waals surface area contributed by atoms with Crippen LogP contribution in [0.3, 0.4) is 0 Å². The van der Waals surface area contributed by atoms with E-state index in [4.69, 9.17) is 10.5 Å². The summed E-state index contributed by atoms with van der Waals surface area (Å²) in [5.74, 6) is -2.97. The Morgan fingerprint density at radius 3 is 2.34 bits per heavy atom. The number of ether oxygens (including phenoxy) is 1. The average molecular weight is 417 g/mol. The Bertz CT molecular complexity index is 839. The van der Waals surface area contributed by atoms with Gasteiger partial charge < -0.3 is 15.4 Å². The van der Waals surface area contributed by atoms with Gasteiger partial charge in [0.15, 0.2) is 0 Å². The fourth-order valence-corrected chi connectivity index (χ4v) is 4.34. The number of nitrogens with two attached hydrogens (primary N) is 1. The Labute approximate surface area is 163 Å². The van der Waals surface area contributed by atoms with Crippen LogP contribution in [-0.4, -0.2) is 66.8 Å². The fourth-order valence-electron chi connectivity index (χ4n) is 4.34. The molecular weight excluding hydrogens is 397 g/mol. The van der Waals surface area contributed by atoms with Crippen LogP contribution in [0.2, 0.25) is 0 Å². The van der Waals surface area contributed by atoms with Crippen molar-refractivity contribution in [1.82, 2.24) is 9.80 Å². The summed E-state index contributed by atoms with van der Waals surface area (Å²) in [4.78, 5) is 14.3. The van der Waals surface area contributed by atoms with Gasteiger partial charge in [0.25, 0.3) is 0 Å². The average Bonchev–Trinajstić information content (AvgIpc) is 3.21. The molecule has 1 amide bonds. The molecule has 3 atom stereocenters. The van der Waals surface area contributed by atoms with Crippen LogP contribution in [0.4, 0.5) is 22.0 Å². The third-order valence-corrected chi connectivity index (χ3v) is 5.76. The summed E-state index contributed by atoms with van der Waals surface area (Å²) < 4.78 is 71.1. The molecule has 2 N–H and O–H groups in total. The first-order valence-electron chi connectivity index (χ1n) is 9.25. The van der Waals surface area contributed by atoms with Gasteiger partial charge in [-0.05, 0) is 35.8 Å². The summed E-state index contributed by atoms with van der Waals surface area (Å²) in [6, 6.07) is 2.51. The number of carbonyl (C=O) groups excluding carboxylic acids is 1. The van der Waals surface area contributed by atoms with Gasteiger partial charge in [0.2, 0.25) is 0 Å². The quantitative estimate of drug-likeness (QED) is 0.592. The lowest BCUT2D eigenvalue weighted by molar-refractivity contribution is -0.184. The van der Waals surface area contributed by atoms with E-state index < -0.39 is 35.9 Å². The zero-order valence-electron chi connectivity index (χ0n) is 15.4. The minimum Gasteiger partial charge on any atom is -0.370 e. The molecule has 1 aromatic rings. The van der Waals surface area contributed by atoms with E-state index >= 15 is 0 Å². The molecule has 3 unspecified atom stereocenters. The van der Waals surface area contributed by atoms with E-state index in [0.29, 0.717) is 19.5 Å². The van der Waals surface area contributed by atoms with Gasteiger partial charge in [-0.15, -0.1) is 0 Å². The van der Waals surface area contributed by atoms with Crippen molar-refractivity contribution in [3.05, 3.63) is 46.5 Å². The molecule has 3 heterocycles. The largest absolute Gasteiger partial charge is 0.471 e. The number of hydrogen-bond donors (Lipinski definition) is 1. The van der Waals surface area contributed by atoms with E-state index in [1.54, 1.807) is 0 Å².